The molecule has 0 unspecified atom stereocenters. The van der Waals surface area contributed by atoms with Gasteiger partial charge in [0.2, 0.25) is 11.8 Å². The fourth-order valence-electron chi connectivity index (χ4n) is 2.38. The van der Waals surface area contributed by atoms with Gasteiger partial charge in [0.25, 0.3) is 0 Å². The van der Waals surface area contributed by atoms with Gasteiger partial charge in [0.15, 0.2) is 0 Å². The maximum atomic E-state index is 11.6. The molecule has 0 saturated carbocycles. The van der Waals surface area contributed by atoms with Crippen LogP contribution in [0.4, 0.5) is 0 Å². The Labute approximate surface area is 125 Å². The first kappa shape index (κ1) is 15.5. The Morgan fingerprint density at radius 3 is 2.57 bits per heavy atom. The molecule has 5 nitrogen and oxygen atoms in total. The van der Waals surface area contributed by atoms with E-state index in [-0.39, 0.29) is 11.8 Å². The van der Waals surface area contributed by atoms with E-state index in [1.807, 2.05) is 36.2 Å². The predicted octanol–water partition coefficient (Wildman–Crippen LogP) is 1.03. The Morgan fingerprint density at radius 1 is 1.24 bits per heavy atom. The van der Waals surface area contributed by atoms with Gasteiger partial charge in [0, 0.05) is 39.0 Å². The van der Waals surface area contributed by atoms with E-state index < -0.39 is 0 Å². The van der Waals surface area contributed by atoms with Crippen LogP contribution in [-0.4, -0.2) is 36.9 Å². The third-order valence-corrected chi connectivity index (χ3v) is 3.66. The minimum absolute atomic E-state index is 0.0519. The van der Waals surface area contributed by atoms with Crippen LogP contribution in [0.5, 0.6) is 0 Å². The molecule has 1 heterocycles. The number of hydrogen-bond acceptors (Lipinski definition) is 3. The molecule has 2 N–H and O–H groups in total. The zero-order chi connectivity index (χ0) is 15.1. The quantitative estimate of drug-likeness (QED) is 0.788. The number of rotatable bonds is 7. The highest BCUT2D eigenvalue weighted by molar-refractivity contribution is 5.78. The highest BCUT2D eigenvalue weighted by atomic mass is 16.2. The molecule has 21 heavy (non-hydrogen) atoms. The van der Waals surface area contributed by atoms with Gasteiger partial charge in [0.1, 0.15) is 0 Å². The molecule has 1 fully saturated rings. The van der Waals surface area contributed by atoms with E-state index in [0.717, 1.165) is 24.1 Å². The standard InChI is InChI=1S/C16H23N3O2/c1-17-9-8-15(20)18-11-13-4-6-14(7-5-13)12-19-10-2-3-16(19)21/h4-7,17H,2-3,8-12H2,1H3,(H,18,20). The van der Waals surface area contributed by atoms with Gasteiger partial charge in [-0.1, -0.05) is 24.3 Å². The number of carbonyl (C=O) groups excluding carboxylic acids is 2. The van der Waals surface area contributed by atoms with Gasteiger partial charge in [-0.3, -0.25) is 9.59 Å². The van der Waals surface area contributed by atoms with Crippen LogP contribution in [0.25, 0.3) is 0 Å². The summed E-state index contributed by atoms with van der Waals surface area (Å²) in [5, 5.41) is 5.84. The zero-order valence-corrected chi connectivity index (χ0v) is 12.5. The van der Waals surface area contributed by atoms with Gasteiger partial charge in [-0.25, -0.2) is 0 Å². The van der Waals surface area contributed by atoms with Crippen molar-refractivity contribution >= 4 is 11.8 Å². The number of hydrogen-bond donors (Lipinski definition) is 2. The molecule has 114 valence electrons. The van der Waals surface area contributed by atoms with Crippen molar-refractivity contribution in [1.82, 2.24) is 15.5 Å². The Balaban J connectivity index is 1.79. The van der Waals surface area contributed by atoms with Crippen molar-refractivity contribution < 1.29 is 9.59 Å². The molecule has 2 rings (SSSR count). The molecular weight excluding hydrogens is 266 g/mol. The fourth-order valence-corrected chi connectivity index (χ4v) is 2.38. The number of nitrogens with one attached hydrogen (secondary N) is 2. The molecular formula is C16H23N3O2. The number of nitrogens with zero attached hydrogens (tertiary/aromatic N) is 1. The highest BCUT2D eigenvalue weighted by Crippen LogP contribution is 2.14. The van der Waals surface area contributed by atoms with Gasteiger partial charge in [-0.15, -0.1) is 0 Å². The van der Waals surface area contributed by atoms with E-state index in [9.17, 15) is 9.59 Å². The van der Waals surface area contributed by atoms with Crippen LogP contribution >= 0.6 is 0 Å². The first-order valence-corrected chi connectivity index (χ1v) is 7.46. The second-order valence-corrected chi connectivity index (χ2v) is 5.37. The topological polar surface area (TPSA) is 61.4 Å². The Hall–Kier alpha value is -1.88. The lowest BCUT2D eigenvalue weighted by molar-refractivity contribution is -0.128. The lowest BCUT2D eigenvalue weighted by atomic mass is 10.1. The Morgan fingerprint density at radius 2 is 1.95 bits per heavy atom. The van der Waals surface area contributed by atoms with Crippen molar-refractivity contribution in [3.63, 3.8) is 0 Å². The van der Waals surface area contributed by atoms with Crippen LogP contribution in [0, 0.1) is 0 Å². The highest BCUT2D eigenvalue weighted by Gasteiger charge is 2.19. The Kier molecular flexibility index (Phi) is 5.75. The number of carbonyl (C=O) groups is 2. The van der Waals surface area contributed by atoms with E-state index in [1.54, 1.807) is 0 Å². The van der Waals surface area contributed by atoms with Crippen LogP contribution in [0.3, 0.4) is 0 Å². The van der Waals surface area contributed by atoms with Crippen LogP contribution in [-0.2, 0) is 22.7 Å². The summed E-state index contributed by atoms with van der Waals surface area (Å²) < 4.78 is 0. The lowest BCUT2D eigenvalue weighted by Gasteiger charge is -2.15. The molecule has 0 spiro atoms. The maximum absolute atomic E-state index is 11.6. The average Bonchev–Trinajstić information content (AvgIpc) is 2.89. The first-order chi connectivity index (χ1) is 10.2. The summed E-state index contributed by atoms with van der Waals surface area (Å²) in [6.45, 7) is 2.79. The van der Waals surface area contributed by atoms with E-state index >= 15 is 0 Å². The molecule has 2 amide bonds. The van der Waals surface area contributed by atoms with Crippen LogP contribution < -0.4 is 10.6 Å². The van der Waals surface area contributed by atoms with E-state index in [1.165, 1.54) is 0 Å². The van der Waals surface area contributed by atoms with Gasteiger partial charge >= 0.3 is 0 Å². The van der Waals surface area contributed by atoms with E-state index in [2.05, 4.69) is 10.6 Å². The summed E-state index contributed by atoms with van der Waals surface area (Å²) in [6, 6.07) is 8.07. The van der Waals surface area contributed by atoms with Crippen molar-refractivity contribution in [2.24, 2.45) is 0 Å². The van der Waals surface area contributed by atoms with Crippen LogP contribution in [0.2, 0.25) is 0 Å². The van der Waals surface area contributed by atoms with Crippen molar-refractivity contribution in [3.05, 3.63) is 35.4 Å². The number of amides is 2. The van der Waals surface area contributed by atoms with Gasteiger partial charge < -0.3 is 15.5 Å². The fraction of sp³-hybridized carbons (Fsp3) is 0.500. The number of benzene rings is 1. The van der Waals surface area contributed by atoms with Gasteiger partial charge in [-0.05, 0) is 24.6 Å². The molecule has 0 bridgehead atoms. The van der Waals surface area contributed by atoms with Crippen molar-refractivity contribution in [3.8, 4) is 0 Å². The molecule has 5 heteroatoms. The molecule has 1 aromatic rings. The monoisotopic (exact) mass is 289 g/mol. The normalized spacial score (nSPS) is 14.5. The molecule has 0 aromatic heterocycles. The average molecular weight is 289 g/mol. The first-order valence-electron chi connectivity index (χ1n) is 7.46. The van der Waals surface area contributed by atoms with Gasteiger partial charge in [-0.2, -0.15) is 0 Å². The number of likely N-dealkylation sites (tertiary alicyclic amines) is 1. The second-order valence-electron chi connectivity index (χ2n) is 5.37. The predicted molar refractivity (Wildman–Crippen MR) is 81.5 cm³/mol. The molecule has 0 aliphatic carbocycles. The molecule has 0 atom stereocenters. The minimum Gasteiger partial charge on any atom is -0.352 e. The molecule has 1 saturated heterocycles. The SMILES string of the molecule is CNCCC(=O)NCc1ccc(CN2CCCC2=O)cc1. The summed E-state index contributed by atoms with van der Waals surface area (Å²) in [5.41, 5.74) is 2.21. The lowest BCUT2D eigenvalue weighted by Crippen LogP contribution is -2.26. The van der Waals surface area contributed by atoms with Gasteiger partial charge in [0.05, 0.1) is 0 Å². The summed E-state index contributed by atoms with van der Waals surface area (Å²) in [6.07, 6.45) is 2.14. The summed E-state index contributed by atoms with van der Waals surface area (Å²) in [7, 11) is 1.83. The van der Waals surface area contributed by atoms with Crippen LogP contribution in [0.1, 0.15) is 30.4 Å². The molecule has 0 radical (unpaired) electrons. The summed E-state index contributed by atoms with van der Waals surface area (Å²) >= 11 is 0. The Bertz CT molecular complexity index is 485. The maximum Gasteiger partial charge on any atom is 0.222 e. The zero-order valence-electron chi connectivity index (χ0n) is 12.5. The van der Waals surface area contributed by atoms with E-state index in [0.29, 0.717) is 32.5 Å². The van der Waals surface area contributed by atoms with Crippen molar-refractivity contribution in [2.45, 2.75) is 32.4 Å². The minimum atomic E-state index is 0.0519. The third kappa shape index (κ3) is 4.86. The third-order valence-electron chi connectivity index (χ3n) is 3.66. The van der Waals surface area contributed by atoms with E-state index in [4.69, 9.17) is 0 Å². The largest absolute Gasteiger partial charge is 0.352 e. The molecule has 1 aliphatic heterocycles. The summed E-state index contributed by atoms with van der Waals surface area (Å²) in [5.74, 6) is 0.298. The summed E-state index contributed by atoms with van der Waals surface area (Å²) in [4.78, 5) is 25.0. The van der Waals surface area contributed by atoms with Crippen LogP contribution in [0.15, 0.2) is 24.3 Å². The smallest absolute Gasteiger partial charge is 0.222 e. The van der Waals surface area contributed by atoms with Crippen molar-refractivity contribution in [1.29, 1.82) is 0 Å². The molecule has 1 aliphatic rings. The second kappa shape index (κ2) is 7.78. The molecule has 1 aromatic carbocycles. The van der Waals surface area contributed by atoms with Crippen molar-refractivity contribution in [2.75, 3.05) is 20.1 Å².